The number of hydrogen-bond acceptors (Lipinski definition) is 5. The van der Waals surface area contributed by atoms with Crippen LogP contribution in [0.1, 0.15) is 72.8 Å². The van der Waals surface area contributed by atoms with Crippen molar-refractivity contribution < 1.29 is 18.0 Å². The lowest BCUT2D eigenvalue weighted by atomic mass is 9.97. The van der Waals surface area contributed by atoms with Gasteiger partial charge < -0.3 is 5.32 Å². The molecular weight excluding hydrogens is 515 g/mol. The first-order chi connectivity index (χ1) is 17.3. The molecule has 0 radical (unpaired) electrons. The molecule has 0 atom stereocenters. The number of amides is 2. The quantitative estimate of drug-likeness (QED) is 0.170. The second kappa shape index (κ2) is 11.2. The normalized spacial score (nSPS) is 15.8. The molecule has 0 unspecified atom stereocenters. The number of rotatable bonds is 6. The Balaban J connectivity index is 2.06. The number of aromatic nitrogens is 3. The smallest absolute Gasteiger partial charge is 0.323 e. The molecule has 1 fully saturated rings. The van der Waals surface area contributed by atoms with E-state index in [1.165, 1.54) is 11.8 Å². The summed E-state index contributed by atoms with van der Waals surface area (Å²) in [5.74, 6) is 3.46. The van der Waals surface area contributed by atoms with E-state index in [-0.39, 0.29) is 18.7 Å². The number of thioether (sulfide) groups is 1. The van der Waals surface area contributed by atoms with Crippen LogP contribution in [0.3, 0.4) is 0 Å². The molecule has 6 nitrogen and oxygen atoms in total. The Morgan fingerprint density at radius 2 is 1.68 bits per heavy atom. The lowest BCUT2D eigenvalue weighted by Crippen LogP contribution is -2.57. The molecule has 11 heteroatoms. The largest absolute Gasteiger partial charge is 0.411 e. The number of alkyl halides is 3. The minimum Gasteiger partial charge on any atom is -0.323 e. The van der Waals surface area contributed by atoms with Crippen molar-refractivity contribution >= 4 is 42.7 Å². The van der Waals surface area contributed by atoms with Crippen molar-refractivity contribution in [2.45, 2.75) is 101 Å². The number of urea groups is 1. The number of pyridine rings is 1. The summed E-state index contributed by atoms with van der Waals surface area (Å²) in [6.45, 7) is 13.3. The third-order valence-electron chi connectivity index (χ3n) is 7.60. The van der Waals surface area contributed by atoms with Gasteiger partial charge in [0, 0.05) is 11.8 Å². The monoisotopic (exact) mass is 551 g/mol. The highest BCUT2D eigenvalue weighted by atomic mass is 32.2. The van der Waals surface area contributed by atoms with Crippen molar-refractivity contribution in [1.29, 1.82) is 0 Å². The molecule has 2 amide bonds. The lowest BCUT2D eigenvalue weighted by molar-refractivity contribution is -0.191. The number of anilines is 1. The zero-order valence-electron chi connectivity index (χ0n) is 22.5. The average Bonchev–Trinajstić information content (AvgIpc) is 3.28. The van der Waals surface area contributed by atoms with Gasteiger partial charge in [-0.3, -0.25) is 5.32 Å². The molecule has 0 bridgehead atoms. The third-order valence-corrected chi connectivity index (χ3v) is 14.5. The Kier molecular flexibility index (Phi) is 8.85. The summed E-state index contributed by atoms with van der Waals surface area (Å²) in [6.07, 6.45) is -0.484. The molecule has 0 aliphatic heterocycles. The number of nitrogens with one attached hydrogen (secondary N) is 2. The molecule has 2 heterocycles. The summed E-state index contributed by atoms with van der Waals surface area (Å²) in [6, 6.07) is 0.658. The fourth-order valence-electron chi connectivity index (χ4n) is 5.69. The van der Waals surface area contributed by atoms with E-state index in [0.717, 1.165) is 0 Å². The van der Waals surface area contributed by atoms with Crippen LogP contribution in [0.2, 0.25) is 16.6 Å². The number of halogens is 3. The van der Waals surface area contributed by atoms with Gasteiger partial charge in [0.1, 0.15) is 19.4 Å². The van der Waals surface area contributed by atoms with Crippen molar-refractivity contribution in [2.24, 2.45) is 0 Å². The topological polar surface area (TPSA) is 79.8 Å². The van der Waals surface area contributed by atoms with Crippen LogP contribution in [-0.2, 0) is 0 Å². The first-order valence-corrected chi connectivity index (χ1v) is 16.1. The van der Waals surface area contributed by atoms with Gasteiger partial charge in [-0.2, -0.15) is 13.2 Å². The van der Waals surface area contributed by atoms with E-state index >= 15 is 0 Å². The summed E-state index contributed by atoms with van der Waals surface area (Å²) in [7, 11) is -2.07. The highest BCUT2D eigenvalue weighted by Crippen LogP contribution is 2.43. The van der Waals surface area contributed by atoms with E-state index in [1.807, 2.05) is 6.26 Å². The molecule has 0 saturated heterocycles. The summed E-state index contributed by atoms with van der Waals surface area (Å²) in [4.78, 5) is 26.0. The summed E-state index contributed by atoms with van der Waals surface area (Å²) < 4.78 is 41.4. The van der Waals surface area contributed by atoms with Crippen LogP contribution < -0.4 is 10.6 Å². The summed E-state index contributed by atoms with van der Waals surface area (Å²) in [5, 5.41) is 5.84. The Bertz CT molecular complexity index is 1180. The van der Waals surface area contributed by atoms with Gasteiger partial charge in [0.05, 0.1) is 5.39 Å². The third kappa shape index (κ3) is 5.90. The standard InChI is InChI=1S/C26H36F3N5OSSi/c1-16(2)37(17(3)4,18(5)6)13-10-19-14-21(31-22-20(19)15-30-24(33-22)36-7)32-23(35)34-25(26(27,28)29)11-8-9-12-25/h14-18H,8-9,11-12H2,1-7H3,(H2,30,31,32,33,34,35). The maximum absolute atomic E-state index is 13.8. The lowest BCUT2D eigenvalue weighted by Gasteiger charge is -2.38. The Morgan fingerprint density at radius 1 is 1.08 bits per heavy atom. The van der Waals surface area contributed by atoms with Gasteiger partial charge in [-0.25, -0.2) is 19.7 Å². The second-order valence-corrected chi connectivity index (χ2v) is 17.0. The first-order valence-electron chi connectivity index (χ1n) is 12.7. The van der Waals surface area contributed by atoms with Crippen molar-refractivity contribution in [3.63, 3.8) is 0 Å². The number of fused-ring (bicyclic) bond motifs is 1. The molecule has 37 heavy (non-hydrogen) atoms. The average molecular weight is 552 g/mol. The molecule has 2 aromatic heterocycles. The van der Waals surface area contributed by atoms with E-state index in [1.54, 1.807) is 12.3 Å². The highest BCUT2D eigenvalue weighted by molar-refractivity contribution is 7.98. The second-order valence-electron chi connectivity index (χ2n) is 10.7. The molecule has 202 valence electrons. The van der Waals surface area contributed by atoms with Crippen LogP contribution in [-0.4, -0.2) is 47.0 Å². The molecule has 0 aromatic carbocycles. The number of nitrogens with zero attached hydrogens (tertiary/aromatic N) is 3. The van der Waals surface area contributed by atoms with Crippen LogP contribution in [0.15, 0.2) is 17.4 Å². The summed E-state index contributed by atoms with van der Waals surface area (Å²) in [5.41, 5.74) is 3.62. The highest BCUT2D eigenvalue weighted by Gasteiger charge is 2.56. The Hall–Kier alpha value is -2.32. The molecule has 1 saturated carbocycles. The summed E-state index contributed by atoms with van der Waals surface area (Å²) >= 11 is 1.35. The minimum atomic E-state index is -4.53. The van der Waals surface area contributed by atoms with E-state index in [0.29, 0.717) is 51.2 Å². The van der Waals surface area contributed by atoms with Crippen LogP contribution in [0.5, 0.6) is 0 Å². The van der Waals surface area contributed by atoms with E-state index < -0.39 is 25.8 Å². The first kappa shape index (κ1) is 29.2. The SMILES string of the molecule is CSc1ncc2c(C#C[Si](C(C)C)(C(C)C)C(C)C)cc(NC(=O)NC3(C(F)(F)F)CCCC3)nc2n1. The van der Waals surface area contributed by atoms with Crippen molar-refractivity contribution in [3.8, 4) is 11.5 Å². The van der Waals surface area contributed by atoms with Crippen LogP contribution in [0.25, 0.3) is 11.0 Å². The van der Waals surface area contributed by atoms with Gasteiger partial charge in [-0.05, 0) is 41.8 Å². The molecule has 3 rings (SSSR count). The predicted octanol–water partition coefficient (Wildman–Crippen LogP) is 7.31. The molecular formula is C26H36F3N5OSSi. The van der Waals surface area contributed by atoms with Crippen LogP contribution >= 0.6 is 11.8 Å². The van der Waals surface area contributed by atoms with Gasteiger partial charge in [-0.1, -0.05) is 72.1 Å². The van der Waals surface area contributed by atoms with Gasteiger partial charge in [0.15, 0.2) is 10.8 Å². The maximum atomic E-state index is 13.8. The fourth-order valence-corrected chi connectivity index (χ4v) is 11.2. The molecule has 2 aromatic rings. The predicted molar refractivity (Wildman–Crippen MR) is 146 cm³/mol. The van der Waals surface area contributed by atoms with E-state index in [2.05, 4.69) is 78.6 Å². The maximum Gasteiger partial charge on any atom is 0.411 e. The molecule has 2 N–H and O–H groups in total. The molecule has 1 aliphatic carbocycles. The fraction of sp³-hybridized carbons (Fsp3) is 0.615. The van der Waals surface area contributed by atoms with E-state index in [9.17, 15) is 18.0 Å². The van der Waals surface area contributed by atoms with Gasteiger partial charge in [0.25, 0.3) is 0 Å². The van der Waals surface area contributed by atoms with Crippen LogP contribution in [0, 0.1) is 11.5 Å². The molecule has 0 spiro atoms. The Labute approximate surface area is 222 Å². The molecule has 1 aliphatic rings. The zero-order chi connectivity index (χ0) is 27.6. The number of carbonyl (C=O) groups excluding carboxylic acids is 1. The van der Waals surface area contributed by atoms with Gasteiger partial charge >= 0.3 is 12.2 Å². The minimum absolute atomic E-state index is 0.0984. The van der Waals surface area contributed by atoms with Crippen molar-refractivity contribution in [2.75, 3.05) is 11.6 Å². The Morgan fingerprint density at radius 3 is 2.19 bits per heavy atom. The van der Waals surface area contributed by atoms with E-state index in [4.69, 9.17) is 0 Å². The number of hydrogen-bond donors (Lipinski definition) is 2. The number of carbonyl (C=O) groups is 1. The van der Waals surface area contributed by atoms with Crippen LogP contribution in [0.4, 0.5) is 23.8 Å². The van der Waals surface area contributed by atoms with Gasteiger partial charge in [-0.15, -0.1) is 5.54 Å². The zero-order valence-corrected chi connectivity index (χ0v) is 24.3. The van der Waals surface area contributed by atoms with Crippen molar-refractivity contribution in [3.05, 3.63) is 17.8 Å². The van der Waals surface area contributed by atoms with Crippen molar-refractivity contribution in [1.82, 2.24) is 20.3 Å². The van der Waals surface area contributed by atoms with Gasteiger partial charge in [0.2, 0.25) is 0 Å².